The summed E-state index contributed by atoms with van der Waals surface area (Å²) in [5.41, 5.74) is 1.22. The van der Waals surface area contributed by atoms with Gasteiger partial charge in [-0.15, -0.1) is 0 Å². The van der Waals surface area contributed by atoms with Crippen molar-refractivity contribution in [2.24, 2.45) is 29.1 Å². The Morgan fingerprint density at radius 1 is 0.780 bits per heavy atom. The van der Waals surface area contributed by atoms with E-state index in [0.29, 0.717) is 18.3 Å². The molecule has 2 saturated heterocycles. The average molecular weight is 587 g/mol. The number of aliphatic hydroxyl groups excluding tert-OH is 7. The predicted octanol–water partition coefficient (Wildman–Crippen LogP) is 0.205. The molecule has 41 heavy (non-hydrogen) atoms. The Bertz CT molecular complexity index is 902. The summed E-state index contributed by atoms with van der Waals surface area (Å²) in [6.45, 7) is 8.04. The molecule has 0 spiro atoms. The van der Waals surface area contributed by atoms with Gasteiger partial charge in [-0.3, -0.25) is 0 Å². The molecule has 16 atom stereocenters. The highest BCUT2D eigenvalue weighted by Gasteiger charge is 2.54. The van der Waals surface area contributed by atoms with E-state index in [1.807, 2.05) is 0 Å². The second-order valence-corrected chi connectivity index (χ2v) is 13.5. The van der Waals surface area contributed by atoms with E-state index in [1.54, 1.807) is 0 Å². The fourth-order valence-electron chi connectivity index (χ4n) is 8.83. The molecule has 5 rings (SSSR count). The molecule has 3 saturated carbocycles. The van der Waals surface area contributed by atoms with E-state index in [0.717, 1.165) is 30.3 Å². The van der Waals surface area contributed by atoms with Gasteiger partial charge in [-0.05, 0) is 73.2 Å². The second-order valence-electron chi connectivity index (χ2n) is 13.5. The largest absolute Gasteiger partial charge is 0.394 e. The molecule has 0 radical (unpaired) electrons. The Kier molecular flexibility index (Phi) is 9.85. The van der Waals surface area contributed by atoms with E-state index >= 15 is 0 Å². The van der Waals surface area contributed by atoms with Gasteiger partial charge in [-0.2, -0.15) is 0 Å². The van der Waals surface area contributed by atoms with Gasteiger partial charge in [-0.1, -0.05) is 33.3 Å². The fraction of sp³-hybridized carbons (Fsp3) is 0.933. The maximum atomic E-state index is 11.0. The minimum atomic E-state index is -1.71. The zero-order valence-electron chi connectivity index (χ0n) is 24.2. The Morgan fingerprint density at radius 3 is 2.10 bits per heavy atom. The molecule has 0 amide bonds. The van der Waals surface area contributed by atoms with Crippen molar-refractivity contribution in [2.45, 2.75) is 133 Å². The zero-order valence-corrected chi connectivity index (χ0v) is 24.2. The van der Waals surface area contributed by atoms with Crippen molar-refractivity contribution in [3.8, 4) is 0 Å². The van der Waals surface area contributed by atoms with Gasteiger partial charge in [0.1, 0.15) is 48.8 Å². The van der Waals surface area contributed by atoms with Gasteiger partial charge in [-0.25, -0.2) is 0 Å². The van der Waals surface area contributed by atoms with Crippen LogP contribution < -0.4 is 0 Å². The first-order valence-corrected chi connectivity index (χ1v) is 15.4. The highest BCUT2D eigenvalue weighted by molar-refractivity contribution is 5.11. The van der Waals surface area contributed by atoms with Gasteiger partial charge in [0.05, 0.1) is 19.3 Å². The molecule has 0 aromatic heterocycles. The quantitative estimate of drug-likeness (QED) is 0.212. The Balaban J connectivity index is 1.33. The maximum Gasteiger partial charge on any atom is 0.187 e. The summed E-state index contributed by atoms with van der Waals surface area (Å²) in [7, 11) is 0. The molecular formula is C30H50O11. The fourth-order valence-corrected chi connectivity index (χ4v) is 8.83. The van der Waals surface area contributed by atoms with Crippen LogP contribution >= 0.6 is 0 Å². The topological polar surface area (TPSA) is 179 Å². The van der Waals surface area contributed by atoms with E-state index in [1.165, 1.54) is 32.1 Å². The molecule has 0 aromatic rings. The predicted molar refractivity (Wildman–Crippen MR) is 145 cm³/mol. The van der Waals surface area contributed by atoms with E-state index in [9.17, 15) is 35.7 Å². The number of hydrogen-bond donors (Lipinski definition) is 7. The van der Waals surface area contributed by atoms with Crippen molar-refractivity contribution < 1.29 is 54.7 Å². The van der Waals surface area contributed by atoms with Crippen LogP contribution in [0.15, 0.2) is 12.2 Å². The Morgan fingerprint density at radius 2 is 1.41 bits per heavy atom. The summed E-state index contributed by atoms with van der Waals surface area (Å²) >= 11 is 0. The summed E-state index contributed by atoms with van der Waals surface area (Å²) in [5, 5.41) is 71.9. The summed E-state index contributed by atoms with van der Waals surface area (Å²) in [4.78, 5) is 0. The average Bonchev–Trinajstić information content (AvgIpc) is 3.11. The standard InChI is InChI=1S/C30H50O11/c1-14-5-4-10-30(3)17(14)7-6-16-11-15(2)19(9-8-18(16)30)38-29-27(25(36)23(34)21(13-32)40-29)41-28-26(37)24(35)22(33)20(12-31)39-28/h14,16-29,31-37H,2,4-13H2,1,3H3/t14-,16?,17?,18+,19?,20?,21?,22?,23?,24?,25?,26?,27?,28?,29?,30+/m0/s1. The number of aliphatic hydroxyl groups is 7. The van der Waals surface area contributed by atoms with Crippen molar-refractivity contribution in [3.63, 3.8) is 0 Å². The molecule has 2 aliphatic heterocycles. The number of rotatable bonds is 6. The molecule has 236 valence electrons. The molecule has 5 aliphatic rings. The number of ether oxygens (including phenoxy) is 4. The summed E-state index contributed by atoms with van der Waals surface area (Å²) in [5.74, 6) is 2.53. The monoisotopic (exact) mass is 586 g/mol. The van der Waals surface area contributed by atoms with Crippen molar-refractivity contribution in [2.75, 3.05) is 13.2 Å². The minimum Gasteiger partial charge on any atom is -0.394 e. The Labute approximate surface area is 242 Å². The smallest absolute Gasteiger partial charge is 0.187 e. The van der Waals surface area contributed by atoms with Crippen LogP contribution in [0.5, 0.6) is 0 Å². The SMILES string of the molecule is C=C1CC2CCC3[C@@H](C)CCC[C@@]3(C)[C@@H]2CCC1OC1OC(CO)C(O)C(O)C1OC1OC(CO)C(O)C(O)C1O. The van der Waals surface area contributed by atoms with Crippen LogP contribution in [0.2, 0.25) is 0 Å². The zero-order chi connectivity index (χ0) is 29.6. The van der Waals surface area contributed by atoms with Gasteiger partial charge < -0.3 is 54.7 Å². The van der Waals surface area contributed by atoms with Crippen LogP contribution in [-0.4, -0.2) is 116 Å². The third-order valence-electron chi connectivity index (χ3n) is 11.2. The van der Waals surface area contributed by atoms with Crippen LogP contribution in [0.25, 0.3) is 0 Å². The molecule has 11 heteroatoms. The van der Waals surface area contributed by atoms with E-state index < -0.39 is 80.7 Å². The third-order valence-corrected chi connectivity index (χ3v) is 11.2. The molecule has 2 heterocycles. The van der Waals surface area contributed by atoms with Gasteiger partial charge in [0.2, 0.25) is 0 Å². The molecule has 0 bridgehead atoms. The van der Waals surface area contributed by atoms with Gasteiger partial charge in [0, 0.05) is 0 Å². The Hall–Kier alpha value is -0.700. The summed E-state index contributed by atoms with van der Waals surface area (Å²) < 4.78 is 23.7. The van der Waals surface area contributed by atoms with Crippen LogP contribution in [0, 0.1) is 29.1 Å². The lowest BCUT2D eigenvalue weighted by molar-refractivity contribution is -0.370. The normalized spacial score (nSPS) is 52.8. The molecule has 13 unspecified atom stereocenters. The lowest BCUT2D eigenvalue weighted by Crippen LogP contribution is -2.65. The minimum absolute atomic E-state index is 0.286. The lowest BCUT2D eigenvalue weighted by Gasteiger charge is -2.56. The van der Waals surface area contributed by atoms with Gasteiger partial charge >= 0.3 is 0 Å². The molecule has 5 fully saturated rings. The summed E-state index contributed by atoms with van der Waals surface area (Å²) in [6, 6.07) is 0. The molecule has 0 aromatic carbocycles. The van der Waals surface area contributed by atoms with Crippen LogP contribution in [0.1, 0.15) is 65.2 Å². The van der Waals surface area contributed by atoms with Crippen molar-refractivity contribution in [1.29, 1.82) is 0 Å². The lowest BCUT2D eigenvalue weighted by atomic mass is 9.49. The van der Waals surface area contributed by atoms with Crippen molar-refractivity contribution in [1.82, 2.24) is 0 Å². The van der Waals surface area contributed by atoms with Crippen LogP contribution in [-0.2, 0) is 18.9 Å². The van der Waals surface area contributed by atoms with E-state index in [4.69, 9.17) is 18.9 Å². The molecular weight excluding hydrogens is 536 g/mol. The second kappa shape index (κ2) is 12.7. The van der Waals surface area contributed by atoms with Crippen molar-refractivity contribution >= 4 is 0 Å². The first kappa shape index (κ1) is 31.7. The maximum absolute atomic E-state index is 11.0. The summed E-state index contributed by atoms with van der Waals surface area (Å²) in [6.07, 6.45) is -6.40. The van der Waals surface area contributed by atoms with E-state index in [2.05, 4.69) is 20.4 Å². The molecule has 3 aliphatic carbocycles. The molecule has 7 N–H and O–H groups in total. The number of hydrogen-bond acceptors (Lipinski definition) is 11. The van der Waals surface area contributed by atoms with Gasteiger partial charge in [0.25, 0.3) is 0 Å². The first-order valence-electron chi connectivity index (χ1n) is 15.4. The number of fused-ring (bicyclic) bond motifs is 3. The van der Waals surface area contributed by atoms with Crippen molar-refractivity contribution in [3.05, 3.63) is 12.2 Å². The highest BCUT2D eigenvalue weighted by atomic mass is 16.8. The van der Waals surface area contributed by atoms with Gasteiger partial charge in [0.15, 0.2) is 12.6 Å². The van der Waals surface area contributed by atoms with Crippen LogP contribution in [0.4, 0.5) is 0 Å². The third kappa shape index (κ3) is 5.90. The molecule has 11 nitrogen and oxygen atoms in total. The van der Waals surface area contributed by atoms with E-state index in [-0.39, 0.29) is 5.41 Å². The van der Waals surface area contributed by atoms with Crippen LogP contribution in [0.3, 0.4) is 0 Å². The first-order chi connectivity index (χ1) is 19.5. The highest BCUT2D eigenvalue weighted by Crippen LogP contribution is 2.60.